The summed E-state index contributed by atoms with van der Waals surface area (Å²) in [5.41, 5.74) is -0.0819. The van der Waals surface area contributed by atoms with E-state index < -0.39 is 35.3 Å². The van der Waals surface area contributed by atoms with E-state index in [0.717, 1.165) is 17.0 Å². The first kappa shape index (κ1) is 25.6. The number of azo groups is 1. The van der Waals surface area contributed by atoms with Crippen molar-refractivity contribution in [2.45, 2.75) is 6.18 Å². The molecule has 1 aliphatic heterocycles. The van der Waals surface area contributed by atoms with Gasteiger partial charge in [0.15, 0.2) is 0 Å². The molecule has 3 aromatic rings. The van der Waals surface area contributed by atoms with Crippen molar-refractivity contribution >= 4 is 52.0 Å². The van der Waals surface area contributed by atoms with E-state index >= 15 is 0 Å². The number of amides is 3. The molecule has 1 fully saturated rings. The number of para-hydroxylation sites is 1. The summed E-state index contributed by atoms with van der Waals surface area (Å²) < 4.78 is 38.7. The van der Waals surface area contributed by atoms with Crippen LogP contribution in [0.1, 0.15) is 11.1 Å². The van der Waals surface area contributed by atoms with Crippen molar-refractivity contribution in [1.29, 1.82) is 0 Å². The molecule has 0 atom stereocenters. The van der Waals surface area contributed by atoms with Crippen LogP contribution in [0, 0.1) is 0 Å². The Balaban J connectivity index is 1.49. The SMILES string of the molecule is O=C(CN1C(=O)S/C(=C\c2cc(N=Nc3cccc(C(F)(F)F)c3)ccc2O)C1=O)Nc1ccccc1. The third-order valence-electron chi connectivity index (χ3n) is 4.98. The van der Waals surface area contributed by atoms with Gasteiger partial charge in [-0.2, -0.15) is 23.4 Å². The molecule has 188 valence electrons. The van der Waals surface area contributed by atoms with Crippen molar-refractivity contribution < 1.29 is 32.7 Å². The van der Waals surface area contributed by atoms with Crippen LogP contribution in [-0.4, -0.2) is 33.6 Å². The van der Waals surface area contributed by atoms with Gasteiger partial charge in [0.1, 0.15) is 12.3 Å². The van der Waals surface area contributed by atoms with E-state index in [2.05, 4.69) is 15.5 Å². The van der Waals surface area contributed by atoms with E-state index in [1.54, 1.807) is 30.3 Å². The van der Waals surface area contributed by atoms with Gasteiger partial charge in [-0.25, -0.2) is 0 Å². The molecule has 1 heterocycles. The van der Waals surface area contributed by atoms with E-state index in [1.165, 1.54) is 36.4 Å². The maximum atomic E-state index is 12.9. The first-order valence-corrected chi connectivity index (χ1v) is 11.4. The number of hydrogen-bond donors (Lipinski definition) is 2. The molecule has 2 N–H and O–H groups in total. The molecule has 0 bridgehead atoms. The number of halogens is 3. The van der Waals surface area contributed by atoms with Crippen LogP contribution >= 0.6 is 11.8 Å². The number of hydrogen-bond acceptors (Lipinski definition) is 7. The number of nitrogens with one attached hydrogen (secondary N) is 1. The zero-order valence-corrected chi connectivity index (χ0v) is 19.6. The van der Waals surface area contributed by atoms with Crippen LogP contribution in [-0.2, 0) is 15.8 Å². The summed E-state index contributed by atoms with van der Waals surface area (Å²) in [6, 6.07) is 16.8. The zero-order valence-electron chi connectivity index (χ0n) is 18.8. The van der Waals surface area contributed by atoms with Crippen molar-refractivity contribution in [3.8, 4) is 5.75 Å². The number of rotatable bonds is 6. The fraction of sp³-hybridized carbons (Fsp3) is 0.0800. The van der Waals surface area contributed by atoms with Gasteiger partial charge in [0.2, 0.25) is 5.91 Å². The maximum absolute atomic E-state index is 12.9. The number of benzene rings is 3. The van der Waals surface area contributed by atoms with Crippen molar-refractivity contribution in [3.05, 3.63) is 88.8 Å². The Morgan fingerprint density at radius 2 is 1.68 bits per heavy atom. The summed E-state index contributed by atoms with van der Waals surface area (Å²) in [6.45, 7) is -0.492. The predicted octanol–water partition coefficient (Wildman–Crippen LogP) is 6.50. The summed E-state index contributed by atoms with van der Waals surface area (Å²) in [4.78, 5) is 38.1. The minimum Gasteiger partial charge on any atom is -0.507 e. The Morgan fingerprint density at radius 1 is 0.973 bits per heavy atom. The van der Waals surface area contributed by atoms with Crippen LogP contribution in [0.2, 0.25) is 0 Å². The standard InChI is InChI=1S/C25H17F3N4O4S/c26-25(27,28)16-5-4-8-18(13-16)30-31-19-9-10-20(33)15(11-19)12-21-23(35)32(24(36)37-21)14-22(34)29-17-6-2-1-3-7-17/h1-13,33H,14H2,(H,29,34)/b21-12-,31-30?. The van der Waals surface area contributed by atoms with Crippen LogP contribution in [0.15, 0.2) is 87.9 Å². The summed E-state index contributed by atoms with van der Waals surface area (Å²) >= 11 is 0.600. The number of carbonyl (C=O) groups is 3. The van der Waals surface area contributed by atoms with Gasteiger partial charge >= 0.3 is 6.18 Å². The molecule has 0 unspecified atom stereocenters. The number of alkyl halides is 3. The highest BCUT2D eigenvalue weighted by molar-refractivity contribution is 8.18. The lowest BCUT2D eigenvalue weighted by atomic mass is 10.1. The van der Waals surface area contributed by atoms with Crippen LogP contribution < -0.4 is 5.32 Å². The normalized spacial score (nSPS) is 15.1. The van der Waals surface area contributed by atoms with Crippen molar-refractivity contribution in [3.63, 3.8) is 0 Å². The van der Waals surface area contributed by atoms with E-state index in [-0.39, 0.29) is 27.6 Å². The Kier molecular flexibility index (Phi) is 7.39. The van der Waals surface area contributed by atoms with Gasteiger partial charge in [0, 0.05) is 11.3 Å². The summed E-state index contributed by atoms with van der Waals surface area (Å²) in [7, 11) is 0. The average Bonchev–Trinajstić information content (AvgIpc) is 3.12. The van der Waals surface area contributed by atoms with Gasteiger partial charge < -0.3 is 10.4 Å². The monoisotopic (exact) mass is 526 g/mol. The molecule has 4 rings (SSSR count). The van der Waals surface area contributed by atoms with E-state index in [0.29, 0.717) is 17.4 Å². The zero-order chi connectivity index (χ0) is 26.6. The Labute approximate surface area is 212 Å². The maximum Gasteiger partial charge on any atom is 0.416 e. The third kappa shape index (κ3) is 6.41. The average molecular weight is 526 g/mol. The van der Waals surface area contributed by atoms with Gasteiger partial charge in [-0.3, -0.25) is 19.3 Å². The fourth-order valence-corrected chi connectivity index (χ4v) is 4.05. The van der Waals surface area contributed by atoms with Crippen molar-refractivity contribution in [1.82, 2.24) is 4.90 Å². The Bertz CT molecular complexity index is 1420. The second kappa shape index (κ2) is 10.7. The van der Waals surface area contributed by atoms with E-state index in [1.807, 2.05) is 0 Å². The summed E-state index contributed by atoms with van der Waals surface area (Å²) in [6.07, 6.45) is -3.26. The molecule has 0 saturated carbocycles. The summed E-state index contributed by atoms with van der Waals surface area (Å²) in [5, 5.41) is 19.8. The lowest BCUT2D eigenvalue weighted by Gasteiger charge is -2.12. The highest BCUT2D eigenvalue weighted by Crippen LogP contribution is 2.35. The molecule has 8 nitrogen and oxygen atoms in total. The van der Waals surface area contributed by atoms with Crippen LogP contribution in [0.3, 0.4) is 0 Å². The number of aromatic hydroxyl groups is 1. The number of imide groups is 1. The molecule has 0 radical (unpaired) electrons. The van der Waals surface area contributed by atoms with Gasteiger partial charge in [0.25, 0.3) is 11.1 Å². The molecule has 3 aromatic carbocycles. The molecule has 0 spiro atoms. The van der Waals surface area contributed by atoms with E-state index in [4.69, 9.17) is 0 Å². The highest BCUT2D eigenvalue weighted by Gasteiger charge is 2.36. The first-order valence-electron chi connectivity index (χ1n) is 10.6. The molecule has 0 aliphatic carbocycles. The molecule has 1 aliphatic rings. The minimum absolute atomic E-state index is 0.0280. The van der Waals surface area contributed by atoms with Gasteiger partial charge in [0.05, 0.1) is 21.8 Å². The van der Waals surface area contributed by atoms with Gasteiger partial charge in [-0.05, 0) is 66.4 Å². The quantitative estimate of drug-likeness (QED) is 0.281. The highest BCUT2D eigenvalue weighted by atomic mass is 32.2. The van der Waals surface area contributed by atoms with Crippen molar-refractivity contribution in [2.24, 2.45) is 10.2 Å². The number of nitrogens with zero attached hydrogens (tertiary/aromatic N) is 3. The number of phenols is 1. The van der Waals surface area contributed by atoms with Crippen LogP contribution in [0.5, 0.6) is 5.75 Å². The van der Waals surface area contributed by atoms with Gasteiger partial charge in [-0.1, -0.05) is 24.3 Å². The Morgan fingerprint density at radius 3 is 2.38 bits per heavy atom. The second-order valence-electron chi connectivity index (χ2n) is 7.67. The Hall–Kier alpha value is -4.45. The van der Waals surface area contributed by atoms with E-state index in [9.17, 15) is 32.7 Å². The fourth-order valence-electron chi connectivity index (χ4n) is 3.22. The molecule has 3 amide bonds. The number of carbonyl (C=O) groups excluding carboxylic acids is 3. The predicted molar refractivity (Wildman–Crippen MR) is 131 cm³/mol. The molecule has 37 heavy (non-hydrogen) atoms. The lowest BCUT2D eigenvalue weighted by Crippen LogP contribution is -2.36. The van der Waals surface area contributed by atoms with Gasteiger partial charge in [-0.15, -0.1) is 0 Å². The molecule has 12 heteroatoms. The van der Waals surface area contributed by atoms with Crippen molar-refractivity contribution in [2.75, 3.05) is 11.9 Å². The topological polar surface area (TPSA) is 111 Å². The number of anilines is 1. The largest absolute Gasteiger partial charge is 0.507 e. The summed E-state index contributed by atoms with van der Waals surface area (Å²) in [5.74, 6) is -1.50. The minimum atomic E-state index is -4.53. The molecular formula is C25H17F3N4O4S. The number of phenolic OH excluding ortho intramolecular Hbond substituents is 1. The lowest BCUT2D eigenvalue weighted by molar-refractivity contribution is -0.137. The number of thioether (sulfide) groups is 1. The third-order valence-corrected chi connectivity index (χ3v) is 5.89. The first-order chi connectivity index (χ1) is 17.6. The molecular weight excluding hydrogens is 509 g/mol. The smallest absolute Gasteiger partial charge is 0.416 e. The molecule has 0 aromatic heterocycles. The van der Waals surface area contributed by atoms with Crippen LogP contribution in [0.4, 0.5) is 35.0 Å². The van der Waals surface area contributed by atoms with Crippen LogP contribution in [0.25, 0.3) is 6.08 Å². The molecule has 1 saturated heterocycles. The second-order valence-corrected chi connectivity index (χ2v) is 8.67.